The Kier molecular flexibility index (Phi) is 4.43. The highest BCUT2D eigenvalue weighted by atomic mass is 19.1. The Bertz CT molecular complexity index is 368. The van der Waals surface area contributed by atoms with E-state index >= 15 is 0 Å². The molecule has 0 aliphatic rings. The van der Waals surface area contributed by atoms with Gasteiger partial charge in [-0.2, -0.15) is 0 Å². The van der Waals surface area contributed by atoms with Crippen LogP contribution in [0.4, 0.5) is 4.39 Å². The number of hydrogen-bond acceptors (Lipinski definition) is 2. The summed E-state index contributed by atoms with van der Waals surface area (Å²) in [4.78, 5) is 13.2. The Morgan fingerprint density at radius 1 is 1.56 bits per heavy atom. The summed E-state index contributed by atoms with van der Waals surface area (Å²) >= 11 is 0. The monoisotopic (exact) mass is 224 g/mol. The predicted octanol–water partition coefficient (Wildman–Crippen LogP) is 1.52. The van der Waals surface area contributed by atoms with Crippen LogP contribution in [0.15, 0.2) is 24.3 Å². The summed E-state index contributed by atoms with van der Waals surface area (Å²) in [5, 5.41) is 0. The zero-order valence-corrected chi connectivity index (χ0v) is 9.61. The molecule has 0 aliphatic heterocycles. The van der Waals surface area contributed by atoms with Crippen LogP contribution in [0.3, 0.4) is 0 Å². The van der Waals surface area contributed by atoms with Gasteiger partial charge in [-0.25, -0.2) is 4.39 Å². The van der Waals surface area contributed by atoms with Gasteiger partial charge in [0, 0.05) is 13.6 Å². The number of amides is 1. The van der Waals surface area contributed by atoms with Crippen molar-refractivity contribution in [2.75, 3.05) is 7.05 Å². The fourth-order valence-electron chi connectivity index (χ4n) is 1.44. The molecule has 0 radical (unpaired) electrons. The van der Waals surface area contributed by atoms with Crippen molar-refractivity contribution < 1.29 is 9.18 Å². The van der Waals surface area contributed by atoms with Crippen LogP contribution in [0.25, 0.3) is 0 Å². The number of rotatable bonds is 4. The molecule has 1 rings (SSSR count). The third-order valence-corrected chi connectivity index (χ3v) is 2.44. The summed E-state index contributed by atoms with van der Waals surface area (Å²) in [6.07, 6.45) is 0.603. The van der Waals surface area contributed by atoms with Gasteiger partial charge in [0.25, 0.3) is 0 Å². The fraction of sp³-hybridized carbons (Fsp3) is 0.417. The number of nitrogens with two attached hydrogens (primary N) is 1. The molecular weight excluding hydrogens is 207 g/mol. The maximum absolute atomic E-state index is 12.9. The van der Waals surface area contributed by atoms with Crippen LogP contribution >= 0.6 is 0 Å². The molecule has 0 heterocycles. The molecule has 0 spiro atoms. The molecule has 1 aromatic rings. The van der Waals surface area contributed by atoms with Gasteiger partial charge >= 0.3 is 0 Å². The lowest BCUT2D eigenvalue weighted by Crippen LogP contribution is -2.40. The lowest BCUT2D eigenvalue weighted by Gasteiger charge is -2.20. The van der Waals surface area contributed by atoms with Crippen molar-refractivity contribution in [2.45, 2.75) is 25.9 Å². The van der Waals surface area contributed by atoms with Crippen molar-refractivity contribution in [2.24, 2.45) is 5.73 Å². The van der Waals surface area contributed by atoms with Gasteiger partial charge in [0.2, 0.25) is 5.91 Å². The van der Waals surface area contributed by atoms with E-state index in [9.17, 15) is 9.18 Å². The highest BCUT2D eigenvalue weighted by Crippen LogP contribution is 2.07. The second-order valence-electron chi connectivity index (χ2n) is 3.84. The summed E-state index contributed by atoms with van der Waals surface area (Å²) in [5.74, 6) is -0.412. The molecule has 0 aromatic heterocycles. The Labute approximate surface area is 95.0 Å². The molecule has 1 atom stereocenters. The molecule has 2 N–H and O–H groups in total. The maximum Gasteiger partial charge on any atom is 0.239 e. The van der Waals surface area contributed by atoms with Crippen LogP contribution in [0, 0.1) is 5.82 Å². The van der Waals surface area contributed by atoms with Gasteiger partial charge < -0.3 is 10.6 Å². The second-order valence-corrected chi connectivity index (χ2v) is 3.84. The lowest BCUT2D eigenvalue weighted by molar-refractivity contribution is -0.131. The Morgan fingerprint density at radius 2 is 2.25 bits per heavy atom. The summed E-state index contributed by atoms with van der Waals surface area (Å²) in [6.45, 7) is 2.24. The molecule has 88 valence electrons. The minimum Gasteiger partial charge on any atom is -0.340 e. The first-order valence-corrected chi connectivity index (χ1v) is 5.29. The lowest BCUT2D eigenvalue weighted by atomic mass is 10.1. The molecule has 0 unspecified atom stereocenters. The minimum absolute atomic E-state index is 0.119. The number of likely N-dealkylation sites (N-methyl/N-ethyl adjacent to an activating group) is 1. The Morgan fingerprint density at radius 3 is 2.81 bits per heavy atom. The summed E-state index contributed by atoms with van der Waals surface area (Å²) in [5.41, 5.74) is 6.40. The van der Waals surface area contributed by atoms with E-state index in [4.69, 9.17) is 5.73 Å². The van der Waals surface area contributed by atoms with Gasteiger partial charge in [-0.3, -0.25) is 4.79 Å². The number of carbonyl (C=O) groups excluding carboxylic acids is 1. The number of hydrogen-bond donors (Lipinski definition) is 1. The van der Waals surface area contributed by atoms with Gasteiger partial charge in [-0.1, -0.05) is 19.1 Å². The van der Waals surface area contributed by atoms with E-state index in [1.54, 1.807) is 19.2 Å². The van der Waals surface area contributed by atoms with E-state index in [-0.39, 0.29) is 11.7 Å². The van der Waals surface area contributed by atoms with Crippen molar-refractivity contribution in [3.8, 4) is 0 Å². The van der Waals surface area contributed by atoms with Crippen LogP contribution < -0.4 is 5.73 Å². The van der Waals surface area contributed by atoms with Crippen LogP contribution in [-0.4, -0.2) is 23.9 Å². The molecule has 0 fully saturated rings. The molecule has 1 aromatic carbocycles. The number of nitrogens with zero attached hydrogens (tertiary/aromatic N) is 1. The molecule has 1 amide bonds. The smallest absolute Gasteiger partial charge is 0.239 e. The normalized spacial score (nSPS) is 12.2. The second kappa shape index (κ2) is 5.61. The molecule has 0 bridgehead atoms. The van der Waals surface area contributed by atoms with Crippen molar-refractivity contribution in [3.05, 3.63) is 35.6 Å². The summed E-state index contributed by atoms with van der Waals surface area (Å²) in [7, 11) is 1.67. The van der Waals surface area contributed by atoms with Gasteiger partial charge in [-0.15, -0.1) is 0 Å². The quantitative estimate of drug-likeness (QED) is 0.842. The summed E-state index contributed by atoms with van der Waals surface area (Å²) in [6, 6.07) is 5.73. The van der Waals surface area contributed by atoms with Gasteiger partial charge in [0.15, 0.2) is 0 Å². The highest BCUT2D eigenvalue weighted by Gasteiger charge is 2.16. The van der Waals surface area contributed by atoms with Crippen molar-refractivity contribution >= 4 is 5.91 Å². The number of benzene rings is 1. The predicted molar refractivity (Wildman–Crippen MR) is 61.1 cm³/mol. The van der Waals surface area contributed by atoms with Crippen LogP contribution in [0.2, 0.25) is 0 Å². The molecule has 0 saturated carbocycles. The molecule has 0 saturated heterocycles. The van der Waals surface area contributed by atoms with E-state index in [0.29, 0.717) is 13.0 Å². The molecule has 3 nitrogen and oxygen atoms in total. The third kappa shape index (κ3) is 3.31. The van der Waals surface area contributed by atoms with Gasteiger partial charge in [0.1, 0.15) is 5.82 Å². The first kappa shape index (κ1) is 12.6. The zero-order chi connectivity index (χ0) is 12.1. The van der Waals surface area contributed by atoms with Crippen LogP contribution in [-0.2, 0) is 11.3 Å². The van der Waals surface area contributed by atoms with E-state index < -0.39 is 6.04 Å². The SMILES string of the molecule is CC[C@H](N)C(=O)N(C)Cc1cccc(F)c1. The summed E-state index contributed by atoms with van der Waals surface area (Å²) < 4.78 is 12.9. The topological polar surface area (TPSA) is 46.3 Å². The maximum atomic E-state index is 12.9. The van der Waals surface area contributed by atoms with Crippen molar-refractivity contribution in [3.63, 3.8) is 0 Å². The Hall–Kier alpha value is -1.42. The first-order chi connectivity index (χ1) is 7.54. The van der Waals surface area contributed by atoms with E-state index in [1.165, 1.54) is 17.0 Å². The van der Waals surface area contributed by atoms with Crippen LogP contribution in [0.1, 0.15) is 18.9 Å². The van der Waals surface area contributed by atoms with E-state index in [2.05, 4.69) is 0 Å². The average molecular weight is 224 g/mol. The molecular formula is C12H17FN2O. The van der Waals surface area contributed by atoms with Gasteiger partial charge in [-0.05, 0) is 24.1 Å². The van der Waals surface area contributed by atoms with Crippen molar-refractivity contribution in [1.29, 1.82) is 0 Å². The molecule has 16 heavy (non-hydrogen) atoms. The van der Waals surface area contributed by atoms with E-state index in [0.717, 1.165) is 5.56 Å². The number of carbonyl (C=O) groups is 1. The number of halogens is 1. The molecule has 0 aliphatic carbocycles. The van der Waals surface area contributed by atoms with Crippen LogP contribution in [0.5, 0.6) is 0 Å². The standard InChI is InChI=1S/C12H17FN2O/c1-3-11(14)12(16)15(2)8-9-5-4-6-10(13)7-9/h4-7,11H,3,8,14H2,1-2H3/t11-/m0/s1. The Balaban J connectivity index is 2.64. The zero-order valence-electron chi connectivity index (χ0n) is 9.61. The average Bonchev–Trinajstić information content (AvgIpc) is 2.27. The largest absolute Gasteiger partial charge is 0.340 e. The first-order valence-electron chi connectivity index (χ1n) is 5.29. The minimum atomic E-state index is -0.474. The fourth-order valence-corrected chi connectivity index (χ4v) is 1.44. The third-order valence-electron chi connectivity index (χ3n) is 2.44. The van der Waals surface area contributed by atoms with Crippen molar-refractivity contribution in [1.82, 2.24) is 4.90 Å². The highest BCUT2D eigenvalue weighted by molar-refractivity contribution is 5.81. The van der Waals surface area contributed by atoms with Gasteiger partial charge in [0.05, 0.1) is 6.04 Å². The molecule has 4 heteroatoms. The van der Waals surface area contributed by atoms with E-state index in [1.807, 2.05) is 6.92 Å².